The molecule has 2 heterocycles. The summed E-state index contributed by atoms with van der Waals surface area (Å²) in [5.74, 6) is 1.27. The maximum absolute atomic E-state index is 12.7. The van der Waals surface area contributed by atoms with Gasteiger partial charge in [-0.2, -0.15) is 4.98 Å². The van der Waals surface area contributed by atoms with Crippen molar-refractivity contribution in [3.63, 3.8) is 0 Å². The molecule has 30 heavy (non-hydrogen) atoms. The summed E-state index contributed by atoms with van der Waals surface area (Å²) in [7, 11) is 0. The molecule has 156 valence electrons. The second-order valence-corrected chi connectivity index (χ2v) is 8.26. The van der Waals surface area contributed by atoms with Crippen molar-refractivity contribution < 1.29 is 9.32 Å². The molecule has 0 atom stereocenters. The number of hydrogen-bond acceptors (Lipinski definition) is 5. The highest BCUT2D eigenvalue weighted by Gasteiger charge is 2.26. The van der Waals surface area contributed by atoms with Gasteiger partial charge in [-0.3, -0.25) is 9.69 Å². The third-order valence-electron chi connectivity index (χ3n) is 5.63. The van der Waals surface area contributed by atoms with Crippen LogP contribution in [-0.4, -0.2) is 34.0 Å². The third-order valence-corrected chi connectivity index (χ3v) is 5.86. The summed E-state index contributed by atoms with van der Waals surface area (Å²) in [4.78, 5) is 19.5. The van der Waals surface area contributed by atoms with Crippen LogP contribution in [0.3, 0.4) is 0 Å². The monoisotopic (exact) mass is 424 g/mol. The van der Waals surface area contributed by atoms with E-state index in [9.17, 15) is 4.79 Å². The van der Waals surface area contributed by atoms with E-state index in [1.165, 1.54) is 0 Å². The zero-order valence-corrected chi connectivity index (χ0v) is 17.9. The fourth-order valence-electron chi connectivity index (χ4n) is 3.76. The molecule has 0 saturated carbocycles. The van der Waals surface area contributed by atoms with E-state index in [0.29, 0.717) is 23.3 Å². The molecular weight excluding hydrogens is 400 g/mol. The van der Waals surface area contributed by atoms with Crippen molar-refractivity contribution in [2.45, 2.75) is 33.2 Å². The van der Waals surface area contributed by atoms with Gasteiger partial charge in [-0.15, -0.1) is 0 Å². The SMILES string of the molecule is Cc1ccc(Cl)cc1NC(=O)C1CCN(Cc2nc(-c3ccccc3C)no2)CC1. The predicted molar refractivity (Wildman–Crippen MR) is 117 cm³/mol. The fourth-order valence-corrected chi connectivity index (χ4v) is 3.93. The van der Waals surface area contributed by atoms with Crippen LogP contribution in [0.1, 0.15) is 29.9 Å². The van der Waals surface area contributed by atoms with Gasteiger partial charge >= 0.3 is 0 Å². The Hall–Kier alpha value is -2.70. The standard InChI is InChI=1S/C23H25ClN4O2/c1-15-5-3-4-6-19(15)22-26-21(30-27-22)14-28-11-9-17(10-12-28)23(29)25-20-13-18(24)8-7-16(20)2/h3-8,13,17H,9-12,14H2,1-2H3,(H,25,29). The lowest BCUT2D eigenvalue weighted by atomic mass is 9.95. The van der Waals surface area contributed by atoms with Crippen LogP contribution in [0.15, 0.2) is 47.0 Å². The molecular formula is C23H25ClN4O2. The lowest BCUT2D eigenvalue weighted by molar-refractivity contribution is -0.121. The average Bonchev–Trinajstić information content (AvgIpc) is 3.20. The van der Waals surface area contributed by atoms with E-state index in [1.807, 2.05) is 50.2 Å². The van der Waals surface area contributed by atoms with E-state index >= 15 is 0 Å². The highest BCUT2D eigenvalue weighted by molar-refractivity contribution is 6.31. The fraction of sp³-hybridized carbons (Fsp3) is 0.348. The Balaban J connectivity index is 1.31. The molecule has 1 aliphatic heterocycles. The molecule has 1 aliphatic rings. The first-order valence-corrected chi connectivity index (χ1v) is 10.6. The third kappa shape index (κ3) is 4.71. The number of likely N-dealkylation sites (tertiary alicyclic amines) is 1. The van der Waals surface area contributed by atoms with E-state index in [4.69, 9.17) is 16.1 Å². The Kier molecular flexibility index (Phi) is 6.16. The van der Waals surface area contributed by atoms with Crippen LogP contribution >= 0.6 is 11.6 Å². The number of nitrogens with one attached hydrogen (secondary N) is 1. The van der Waals surface area contributed by atoms with Crippen molar-refractivity contribution in [2.75, 3.05) is 18.4 Å². The minimum Gasteiger partial charge on any atom is -0.338 e. The molecule has 2 aromatic carbocycles. The molecule has 0 unspecified atom stereocenters. The Morgan fingerprint density at radius 1 is 1.17 bits per heavy atom. The maximum atomic E-state index is 12.7. The number of hydrogen-bond donors (Lipinski definition) is 1. The largest absolute Gasteiger partial charge is 0.338 e. The molecule has 0 radical (unpaired) electrons. The molecule has 1 aromatic heterocycles. The summed E-state index contributed by atoms with van der Waals surface area (Å²) < 4.78 is 5.46. The van der Waals surface area contributed by atoms with Gasteiger partial charge in [0.1, 0.15) is 0 Å². The summed E-state index contributed by atoms with van der Waals surface area (Å²) >= 11 is 6.05. The number of piperidine rings is 1. The first kappa shape index (κ1) is 20.6. The summed E-state index contributed by atoms with van der Waals surface area (Å²) in [5, 5.41) is 7.78. The summed E-state index contributed by atoms with van der Waals surface area (Å²) in [5.41, 5.74) is 3.89. The van der Waals surface area contributed by atoms with E-state index < -0.39 is 0 Å². The molecule has 4 rings (SSSR count). The summed E-state index contributed by atoms with van der Waals surface area (Å²) in [6.07, 6.45) is 1.59. The van der Waals surface area contributed by atoms with Crippen molar-refractivity contribution in [1.29, 1.82) is 0 Å². The number of halogens is 1. The Morgan fingerprint density at radius 2 is 1.93 bits per heavy atom. The zero-order valence-electron chi connectivity index (χ0n) is 17.2. The molecule has 0 bridgehead atoms. The molecule has 0 aliphatic carbocycles. The number of aromatic nitrogens is 2. The van der Waals surface area contributed by atoms with Crippen molar-refractivity contribution in [3.05, 3.63) is 64.5 Å². The quantitative estimate of drug-likeness (QED) is 0.633. The number of nitrogens with zero attached hydrogens (tertiary/aromatic N) is 3. The van der Waals surface area contributed by atoms with Crippen LogP contribution in [-0.2, 0) is 11.3 Å². The van der Waals surface area contributed by atoms with Gasteiger partial charge in [-0.1, -0.05) is 47.1 Å². The molecule has 1 amide bonds. The average molecular weight is 425 g/mol. The second kappa shape index (κ2) is 8.98. The van der Waals surface area contributed by atoms with Gasteiger partial charge in [0.2, 0.25) is 17.6 Å². The van der Waals surface area contributed by atoms with Gasteiger partial charge in [0.15, 0.2) is 0 Å². The zero-order chi connectivity index (χ0) is 21.1. The Bertz CT molecular complexity index is 1040. The van der Waals surface area contributed by atoms with Gasteiger partial charge < -0.3 is 9.84 Å². The van der Waals surface area contributed by atoms with E-state index in [-0.39, 0.29) is 11.8 Å². The van der Waals surface area contributed by atoms with Crippen LogP contribution in [0.5, 0.6) is 0 Å². The number of rotatable bonds is 5. The number of carbonyl (C=O) groups is 1. The van der Waals surface area contributed by atoms with Crippen molar-refractivity contribution in [2.24, 2.45) is 5.92 Å². The lowest BCUT2D eigenvalue weighted by Crippen LogP contribution is -2.37. The highest BCUT2D eigenvalue weighted by atomic mass is 35.5. The Labute approximate surface area is 181 Å². The van der Waals surface area contributed by atoms with E-state index in [0.717, 1.165) is 48.3 Å². The van der Waals surface area contributed by atoms with Crippen molar-refractivity contribution in [3.8, 4) is 11.4 Å². The number of aryl methyl sites for hydroxylation is 2. The molecule has 7 heteroatoms. The minimum atomic E-state index is -0.00940. The smallest absolute Gasteiger partial charge is 0.241 e. The van der Waals surface area contributed by atoms with E-state index in [1.54, 1.807) is 6.07 Å². The van der Waals surface area contributed by atoms with Gasteiger partial charge in [-0.25, -0.2) is 0 Å². The molecule has 1 fully saturated rings. The molecule has 6 nitrogen and oxygen atoms in total. The van der Waals surface area contributed by atoms with Gasteiger partial charge in [0.25, 0.3) is 0 Å². The first-order chi connectivity index (χ1) is 14.5. The number of amides is 1. The predicted octanol–water partition coefficient (Wildman–Crippen LogP) is 4.86. The summed E-state index contributed by atoms with van der Waals surface area (Å²) in [6, 6.07) is 13.5. The Morgan fingerprint density at radius 3 is 2.70 bits per heavy atom. The minimum absolute atomic E-state index is 0.00940. The van der Waals surface area contributed by atoms with Gasteiger partial charge in [0, 0.05) is 22.2 Å². The molecule has 0 spiro atoms. The molecule has 1 N–H and O–H groups in total. The molecule has 1 saturated heterocycles. The van der Waals surface area contributed by atoms with Crippen molar-refractivity contribution >= 4 is 23.2 Å². The van der Waals surface area contributed by atoms with E-state index in [2.05, 4.69) is 20.4 Å². The number of benzene rings is 2. The maximum Gasteiger partial charge on any atom is 0.241 e. The van der Waals surface area contributed by atoms with Crippen molar-refractivity contribution in [1.82, 2.24) is 15.0 Å². The first-order valence-electron chi connectivity index (χ1n) is 10.2. The second-order valence-electron chi connectivity index (χ2n) is 7.83. The van der Waals surface area contributed by atoms with Gasteiger partial charge in [-0.05, 0) is 63.0 Å². The van der Waals surface area contributed by atoms with Crippen LogP contribution in [0.4, 0.5) is 5.69 Å². The van der Waals surface area contributed by atoms with Crippen LogP contribution in [0.25, 0.3) is 11.4 Å². The molecule has 3 aromatic rings. The lowest BCUT2D eigenvalue weighted by Gasteiger charge is -2.30. The number of anilines is 1. The van der Waals surface area contributed by atoms with Gasteiger partial charge in [0.05, 0.1) is 6.54 Å². The summed E-state index contributed by atoms with van der Waals surface area (Å²) in [6.45, 7) is 6.22. The van der Waals surface area contributed by atoms with Crippen LogP contribution < -0.4 is 5.32 Å². The van der Waals surface area contributed by atoms with Crippen LogP contribution in [0.2, 0.25) is 5.02 Å². The normalized spacial score (nSPS) is 15.3. The highest BCUT2D eigenvalue weighted by Crippen LogP contribution is 2.25. The van der Waals surface area contributed by atoms with Crippen LogP contribution in [0, 0.1) is 19.8 Å². The topological polar surface area (TPSA) is 71.3 Å². The number of carbonyl (C=O) groups excluding carboxylic acids is 1.